The third-order valence-corrected chi connectivity index (χ3v) is 4.27. The molecule has 0 spiro atoms. The summed E-state index contributed by atoms with van der Waals surface area (Å²) in [6.07, 6.45) is 2.30. The average molecular weight is 256 g/mol. The zero-order valence-corrected chi connectivity index (χ0v) is 13.3. The third kappa shape index (κ3) is 4.22. The number of hydrogen-bond donors (Lipinski definition) is 1. The molecule has 0 aromatic carbocycles. The van der Waals surface area contributed by atoms with E-state index in [-0.39, 0.29) is 11.2 Å². The summed E-state index contributed by atoms with van der Waals surface area (Å²) in [5.74, 6) is 0. The molecule has 1 saturated heterocycles. The van der Waals surface area contributed by atoms with Crippen molar-refractivity contribution >= 4 is 0 Å². The van der Waals surface area contributed by atoms with Crippen LogP contribution in [-0.4, -0.2) is 48.3 Å². The van der Waals surface area contributed by atoms with Crippen LogP contribution in [0.1, 0.15) is 54.4 Å². The molecule has 0 bridgehead atoms. The summed E-state index contributed by atoms with van der Waals surface area (Å²) in [4.78, 5) is 2.42. The summed E-state index contributed by atoms with van der Waals surface area (Å²) in [5.41, 5.74) is -0.0534. The Morgan fingerprint density at radius 2 is 1.94 bits per heavy atom. The second-order valence-electron chi connectivity index (χ2n) is 6.91. The molecule has 1 aliphatic rings. The van der Waals surface area contributed by atoms with Crippen molar-refractivity contribution in [1.82, 2.24) is 10.2 Å². The van der Waals surface area contributed by atoms with Crippen LogP contribution in [0.4, 0.5) is 0 Å². The number of nitrogens with zero attached hydrogens (tertiary/aromatic N) is 1. The lowest BCUT2D eigenvalue weighted by Gasteiger charge is -2.29. The molecule has 0 amide bonds. The second-order valence-corrected chi connectivity index (χ2v) is 6.91. The Labute approximate surface area is 113 Å². The summed E-state index contributed by atoms with van der Waals surface area (Å²) in [6.45, 7) is 15.4. The van der Waals surface area contributed by atoms with Crippen LogP contribution in [0.25, 0.3) is 0 Å². The number of likely N-dealkylation sites (N-methyl/N-ethyl adjacent to an activating group) is 1. The maximum atomic E-state index is 6.10. The van der Waals surface area contributed by atoms with Gasteiger partial charge in [-0.25, -0.2) is 0 Å². The molecule has 0 saturated carbocycles. The molecule has 0 radical (unpaired) electrons. The molecule has 0 aromatic heterocycles. The van der Waals surface area contributed by atoms with E-state index >= 15 is 0 Å². The lowest BCUT2D eigenvalue weighted by molar-refractivity contribution is -0.0698. The normalized spacial score (nSPS) is 27.7. The van der Waals surface area contributed by atoms with Crippen molar-refractivity contribution in [3.05, 3.63) is 0 Å². The molecule has 0 aliphatic carbocycles. The highest BCUT2D eigenvalue weighted by Crippen LogP contribution is 2.37. The SMILES string of the molecule is CCC(C)N(C)CCNC1CC(C)(C)OC1(C)C. The standard InChI is InChI=1S/C15H32N2O/c1-8-12(2)17(7)10-9-16-13-11-14(3,4)18-15(13,5)6/h12-13,16H,8-11H2,1-7H3. The van der Waals surface area contributed by atoms with Crippen molar-refractivity contribution in [3.63, 3.8) is 0 Å². The lowest BCUT2D eigenvalue weighted by Crippen LogP contribution is -2.46. The van der Waals surface area contributed by atoms with Gasteiger partial charge in [0.2, 0.25) is 0 Å². The van der Waals surface area contributed by atoms with E-state index in [1.165, 1.54) is 6.42 Å². The third-order valence-electron chi connectivity index (χ3n) is 4.27. The zero-order chi connectivity index (χ0) is 14.0. The van der Waals surface area contributed by atoms with E-state index in [4.69, 9.17) is 4.74 Å². The van der Waals surface area contributed by atoms with Crippen LogP contribution >= 0.6 is 0 Å². The maximum Gasteiger partial charge on any atom is 0.0787 e. The van der Waals surface area contributed by atoms with E-state index in [0.717, 1.165) is 19.5 Å². The van der Waals surface area contributed by atoms with Gasteiger partial charge >= 0.3 is 0 Å². The van der Waals surface area contributed by atoms with Crippen molar-refractivity contribution in [3.8, 4) is 0 Å². The quantitative estimate of drug-likeness (QED) is 0.791. The average Bonchev–Trinajstić information content (AvgIpc) is 2.45. The van der Waals surface area contributed by atoms with Gasteiger partial charge in [-0.1, -0.05) is 6.92 Å². The monoisotopic (exact) mass is 256 g/mol. The van der Waals surface area contributed by atoms with E-state index in [1.807, 2.05) is 0 Å². The van der Waals surface area contributed by atoms with Gasteiger partial charge < -0.3 is 15.0 Å². The summed E-state index contributed by atoms with van der Waals surface area (Å²) in [5, 5.41) is 3.67. The van der Waals surface area contributed by atoms with Crippen LogP contribution in [0.2, 0.25) is 0 Å². The smallest absolute Gasteiger partial charge is 0.0787 e. The lowest BCUT2D eigenvalue weighted by atomic mass is 9.94. The van der Waals surface area contributed by atoms with E-state index in [1.54, 1.807) is 0 Å². The molecule has 108 valence electrons. The molecule has 3 heteroatoms. The first kappa shape index (κ1) is 15.9. The Morgan fingerprint density at radius 3 is 2.39 bits per heavy atom. The maximum absolute atomic E-state index is 6.10. The molecule has 2 unspecified atom stereocenters. The van der Waals surface area contributed by atoms with Gasteiger partial charge in [0.05, 0.1) is 11.2 Å². The molecular weight excluding hydrogens is 224 g/mol. The van der Waals surface area contributed by atoms with Gasteiger partial charge in [-0.2, -0.15) is 0 Å². The topological polar surface area (TPSA) is 24.5 Å². The number of hydrogen-bond acceptors (Lipinski definition) is 3. The van der Waals surface area contributed by atoms with Crippen LogP contribution in [0.5, 0.6) is 0 Å². The largest absolute Gasteiger partial charge is 0.368 e. The Bertz CT molecular complexity index is 263. The Kier molecular flexibility index (Phi) is 5.22. The molecule has 1 fully saturated rings. The highest BCUT2D eigenvalue weighted by molar-refractivity contribution is 4.98. The van der Waals surface area contributed by atoms with Crippen molar-refractivity contribution in [1.29, 1.82) is 0 Å². The Hall–Kier alpha value is -0.120. The summed E-state index contributed by atoms with van der Waals surface area (Å²) in [6, 6.07) is 1.12. The van der Waals surface area contributed by atoms with Crippen molar-refractivity contribution in [2.45, 2.75) is 77.7 Å². The van der Waals surface area contributed by atoms with E-state index < -0.39 is 0 Å². The highest BCUT2D eigenvalue weighted by atomic mass is 16.5. The molecule has 3 nitrogen and oxygen atoms in total. The van der Waals surface area contributed by atoms with E-state index in [2.05, 4.69) is 58.8 Å². The number of nitrogens with one attached hydrogen (secondary N) is 1. The summed E-state index contributed by atoms with van der Waals surface area (Å²) < 4.78 is 6.10. The van der Waals surface area contributed by atoms with Crippen LogP contribution in [-0.2, 0) is 4.74 Å². The molecule has 1 N–H and O–H groups in total. The van der Waals surface area contributed by atoms with Crippen molar-refractivity contribution in [2.24, 2.45) is 0 Å². The highest BCUT2D eigenvalue weighted by Gasteiger charge is 2.45. The minimum absolute atomic E-state index is 0.00375. The number of rotatable bonds is 6. The Morgan fingerprint density at radius 1 is 1.33 bits per heavy atom. The molecule has 1 aliphatic heterocycles. The first-order valence-corrected chi connectivity index (χ1v) is 7.32. The van der Waals surface area contributed by atoms with Crippen LogP contribution in [0.15, 0.2) is 0 Å². The fourth-order valence-electron chi connectivity index (χ4n) is 2.83. The van der Waals surface area contributed by atoms with Gasteiger partial charge in [0.25, 0.3) is 0 Å². The van der Waals surface area contributed by atoms with Gasteiger partial charge in [0.15, 0.2) is 0 Å². The summed E-state index contributed by atoms with van der Waals surface area (Å²) >= 11 is 0. The van der Waals surface area contributed by atoms with Gasteiger partial charge in [-0.15, -0.1) is 0 Å². The molecule has 2 atom stereocenters. The number of ether oxygens (including phenoxy) is 1. The van der Waals surface area contributed by atoms with Crippen molar-refractivity contribution < 1.29 is 4.74 Å². The molecule has 1 rings (SSSR count). The predicted molar refractivity (Wildman–Crippen MR) is 78.0 cm³/mol. The first-order valence-electron chi connectivity index (χ1n) is 7.32. The fraction of sp³-hybridized carbons (Fsp3) is 1.00. The van der Waals surface area contributed by atoms with Gasteiger partial charge in [-0.05, 0) is 54.5 Å². The van der Waals surface area contributed by atoms with Gasteiger partial charge in [0.1, 0.15) is 0 Å². The molecule has 0 aromatic rings. The Balaban J connectivity index is 2.36. The second kappa shape index (κ2) is 5.89. The first-order chi connectivity index (χ1) is 8.18. The van der Waals surface area contributed by atoms with E-state index in [0.29, 0.717) is 12.1 Å². The van der Waals surface area contributed by atoms with Crippen molar-refractivity contribution in [2.75, 3.05) is 20.1 Å². The van der Waals surface area contributed by atoms with Gasteiger partial charge in [-0.3, -0.25) is 0 Å². The molecule has 1 heterocycles. The molecular formula is C15H32N2O. The zero-order valence-electron chi connectivity index (χ0n) is 13.3. The van der Waals surface area contributed by atoms with Gasteiger partial charge in [0, 0.05) is 25.2 Å². The summed E-state index contributed by atoms with van der Waals surface area (Å²) in [7, 11) is 2.20. The minimum Gasteiger partial charge on any atom is -0.368 e. The molecule has 18 heavy (non-hydrogen) atoms. The van der Waals surface area contributed by atoms with Crippen LogP contribution in [0.3, 0.4) is 0 Å². The fourth-order valence-corrected chi connectivity index (χ4v) is 2.83. The van der Waals surface area contributed by atoms with Crippen LogP contribution < -0.4 is 5.32 Å². The predicted octanol–water partition coefficient (Wildman–Crippen LogP) is 2.65. The minimum atomic E-state index is -0.0571. The van der Waals surface area contributed by atoms with E-state index in [9.17, 15) is 0 Å². The van der Waals surface area contributed by atoms with Crippen LogP contribution in [0, 0.1) is 0 Å².